The molecule has 1 aromatic rings. The summed E-state index contributed by atoms with van der Waals surface area (Å²) in [5.41, 5.74) is 1.06. The third-order valence-electron chi connectivity index (χ3n) is 4.01. The Bertz CT molecular complexity index is 491. The van der Waals surface area contributed by atoms with Gasteiger partial charge in [-0.05, 0) is 26.3 Å². The maximum atomic E-state index is 12.0. The van der Waals surface area contributed by atoms with Crippen molar-refractivity contribution in [2.45, 2.75) is 32.9 Å². The summed E-state index contributed by atoms with van der Waals surface area (Å²) in [5, 5.41) is 3.02. The molecule has 5 nitrogen and oxygen atoms in total. The molecule has 0 radical (unpaired) electrons. The van der Waals surface area contributed by atoms with E-state index < -0.39 is 0 Å². The molecule has 1 saturated heterocycles. The average Bonchev–Trinajstić information content (AvgIpc) is 2.52. The molecule has 0 atom stereocenters. The van der Waals surface area contributed by atoms with Gasteiger partial charge < -0.3 is 10.1 Å². The highest BCUT2D eigenvalue weighted by Crippen LogP contribution is 2.04. The number of rotatable bonds is 7. The molecule has 134 valence electrons. The van der Waals surface area contributed by atoms with Crippen LogP contribution in [0, 0.1) is 0 Å². The second-order valence-corrected chi connectivity index (χ2v) is 7.45. The molecule has 2 rings (SSSR count). The van der Waals surface area contributed by atoms with Crippen LogP contribution in [-0.2, 0) is 16.1 Å². The molecule has 1 fully saturated rings. The average molecular weight is 333 g/mol. The van der Waals surface area contributed by atoms with Gasteiger partial charge in [0.05, 0.1) is 19.8 Å². The fourth-order valence-electron chi connectivity index (χ4n) is 2.79. The number of carbonyl (C=O) groups is 1. The van der Waals surface area contributed by atoms with Crippen LogP contribution in [-0.4, -0.2) is 67.1 Å². The summed E-state index contributed by atoms with van der Waals surface area (Å²) < 4.78 is 5.75. The van der Waals surface area contributed by atoms with Gasteiger partial charge in [0.2, 0.25) is 5.91 Å². The van der Waals surface area contributed by atoms with Crippen LogP contribution < -0.4 is 5.32 Å². The number of ether oxygens (including phenoxy) is 1. The summed E-state index contributed by atoms with van der Waals surface area (Å²) in [6.07, 6.45) is 0. The SMILES string of the molecule is CC(C)(C)NC(=O)CN1CCN(CCOCc2ccccc2)CC1. The summed E-state index contributed by atoms with van der Waals surface area (Å²) in [7, 11) is 0. The van der Waals surface area contributed by atoms with Crippen molar-refractivity contribution in [3.8, 4) is 0 Å². The van der Waals surface area contributed by atoms with Crippen LogP contribution in [0.1, 0.15) is 26.3 Å². The minimum atomic E-state index is -0.158. The molecule has 0 bridgehead atoms. The van der Waals surface area contributed by atoms with Gasteiger partial charge in [-0.3, -0.25) is 14.6 Å². The van der Waals surface area contributed by atoms with Crippen LogP contribution in [0.4, 0.5) is 0 Å². The van der Waals surface area contributed by atoms with Gasteiger partial charge in [-0.2, -0.15) is 0 Å². The van der Waals surface area contributed by atoms with Gasteiger partial charge in [0.15, 0.2) is 0 Å². The van der Waals surface area contributed by atoms with E-state index in [1.165, 1.54) is 5.56 Å². The van der Waals surface area contributed by atoms with E-state index >= 15 is 0 Å². The first-order valence-electron chi connectivity index (χ1n) is 8.80. The number of hydrogen-bond acceptors (Lipinski definition) is 4. The third-order valence-corrected chi connectivity index (χ3v) is 4.01. The summed E-state index contributed by atoms with van der Waals surface area (Å²) in [4.78, 5) is 16.6. The van der Waals surface area contributed by atoms with E-state index in [-0.39, 0.29) is 11.4 Å². The van der Waals surface area contributed by atoms with E-state index in [4.69, 9.17) is 4.74 Å². The van der Waals surface area contributed by atoms with Crippen molar-refractivity contribution >= 4 is 5.91 Å². The maximum Gasteiger partial charge on any atom is 0.234 e. The lowest BCUT2D eigenvalue weighted by Gasteiger charge is -2.34. The highest BCUT2D eigenvalue weighted by molar-refractivity contribution is 5.78. The first kappa shape index (κ1) is 18.9. The third kappa shape index (κ3) is 7.43. The van der Waals surface area contributed by atoms with E-state index in [0.717, 1.165) is 39.3 Å². The van der Waals surface area contributed by atoms with Crippen molar-refractivity contribution in [3.05, 3.63) is 35.9 Å². The predicted octanol–water partition coefficient (Wildman–Crippen LogP) is 1.74. The molecule has 0 saturated carbocycles. The van der Waals surface area contributed by atoms with Crippen LogP contribution >= 0.6 is 0 Å². The fourth-order valence-corrected chi connectivity index (χ4v) is 2.79. The molecular formula is C19H31N3O2. The smallest absolute Gasteiger partial charge is 0.234 e. The van der Waals surface area contributed by atoms with Crippen molar-refractivity contribution in [1.29, 1.82) is 0 Å². The maximum absolute atomic E-state index is 12.0. The second-order valence-electron chi connectivity index (χ2n) is 7.45. The Morgan fingerprint density at radius 2 is 1.71 bits per heavy atom. The Morgan fingerprint density at radius 3 is 2.33 bits per heavy atom. The molecule has 5 heteroatoms. The van der Waals surface area contributed by atoms with Gasteiger partial charge >= 0.3 is 0 Å². The van der Waals surface area contributed by atoms with E-state index in [1.807, 2.05) is 39.0 Å². The van der Waals surface area contributed by atoms with Crippen LogP contribution in [0.5, 0.6) is 0 Å². The molecule has 1 heterocycles. The van der Waals surface area contributed by atoms with Gasteiger partial charge in [-0.1, -0.05) is 30.3 Å². The summed E-state index contributed by atoms with van der Waals surface area (Å²) in [5.74, 6) is 0.113. The number of amides is 1. The van der Waals surface area contributed by atoms with E-state index in [2.05, 4.69) is 27.2 Å². The number of benzene rings is 1. The van der Waals surface area contributed by atoms with E-state index in [0.29, 0.717) is 13.2 Å². The van der Waals surface area contributed by atoms with E-state index in [1.54, 1.807) is 0 Å². The zero-order chi connectivity index (χ0) is 17.4. The Labute approximate surface area is 146 Å². The van der Waals surface area contributed by atoms with Gasteiger partial charge in [-0.15, -0.1) is 0 Å². The lowest BCUT2D eigenvalue weighted by Crippen LogP contribution is -2.52. The number of hydrogen-bond donors (Lipinski definition) is 1. The number of nitrogens with zero attached hydrogens (tertiary/aromatic N) is 2. The molecule has 0 spiro atoms. The fraction of sp³-hybridized carbons (Fsp3) is 0.632. The standard InChI is InChI=1S/C19H31N3O2/c1-19(2,3)20-18(23)15-22-11-9-21(10-12-22)13-14-24-16-17-7-5-4-6-8-17/h4-8H,9-16H2,1-3H3,(H,20,23). The zero-order valence-electron chi connectivity index (χ0n) is 15.3. The first-order valence-corrected chi connectivity index (χ1v) is 8.80. The minimum absolute atomic E-state index is 0.113. The summed E-state index contributed by atoms with van der Waals surface area (Å²) >= 11 is 0. The summed E-state index contributed by atoms with van der Waals surface area (Å²) in [6, 6.07) is 10.3. The predicted molar refractivity (Wildman–Crippen MR) is 96.9 cm³/mol. The van der Waals surface area contributed by atoms with Crippen molar-refractivity contribution in [1.82, 2.24) is 15.1 Å². The highest BCUT2D eigenvalue weighted by atomic mass is 16.5. The second kappa shape index (κ2) is 9.16. The van der Waals surface area contributed by atoms with Crippen molar-refractivity contribution < 1.29 is 9.53 Å². The minimum Gasteiger partial charge on any atom is -0.375 e. The van der Waals surface area contributed by atoms with Crippen molar-refractivity contribution in [3.63, 3.8) is 0 Å². The quantitative estimate of drug-likeness (QED) is 0.772. The van der Waals surface area contributed by atoms with Gasteiger partial charge in [0.25, 0.3) is 0 Å². The Hall–Kier alpha value is -1.43. The normalized spacial score (nSPS) is 17.0. The number of piperazine rings is 1. The lowest BCUT2D eigenvalue weighted by molar-refractivity contribution is -0.124. The molecule has 1 aromatic carbocycles. The highest BCUT2D eigenvalue weighted by Gasteiger charge is 2.20. The monoisotopic (exact) mass is 333 g/mol. The number of nitrogens with one attached hydrogen (secondary N) is 1. The lowest BCUT2D eigenvalue weighted by atomic mass is 10.1. The Balaban J connectivity index is 1.57. The molecule has 1 amide bonds. The van der Waals surface area contributed by atoms with Crippen LogP contribution in [0.25, 0.3) is 0 Å². The Kier molecular flexibility index (Phi) is 7.21. The topological polar surface area (TPSA) is 44.8 Å². The Morgan fingerprint density at radius 1 is 1.08 bits per heavy atom. The molecule has 0 aromatic heterocycles. The largest absolute Gasteiger partial charge is 0.375 e. The van der Waals surface area contributed by atoms with Crippen molar-refractivity contribution in [2.75, 3.05) is 45.9 Å². The molecule has 1 N–H and O–H groups in total. The molecule has 0 unspecified atom stereocenters. The summed E-state index contributed by atoms with van der Waals surface area (Å²) in [6.45, 7) is 12.8. The van der Waals surface area contributed by atoms with Crippen molar-refractivity contribution in [2.24, 2.45) is 0 Å². The molecule has 1 aliphatic heterocycles. The van der Waals surface area contributed by atoms with Gasteiger partial charge in [0.1, 0.15) is 0 Å². The zero-order valence-corrected chi connectivity index (χ0v) is 15.3. The van der Waals surface area contributed by atoms with Gasteiger partial charge in [0, 0.05) is 38.3 Å². The molecule has 1 aliphatic rings. The molecular weight excluding hydrogens is 302 g/mol. The number of carbonyl (C=O) groups excluding carboxylic acids is 1. The van der Waals surface area contributed by atoms with E-state index in [9.17, 15) is 4.79 Å². The van der Waals surface area contributed by atoms with Crippen LogP contribution in [0.3, 0.4) is 0 Å². The van der Waals surface area contributed by atoms with Gasteiger partial charge in [-0.25, -0.2) is 0 Å². The molecule has 24 heavy (non-hydrogen) atoms. The van der Waals surface area contributed by atoms with Crippen LogP contribution in [0.15, 0.2) is 30.3 Å². The van der Waals surface area contributed by atoms with Crippen LogP contribution in [0.2, 0.25) is 0 Å². The molecule has 0 aliphatic carbocycles. The first-order chi connectivity index (χ1) is 11.4.